The number of carbonyl (C=O) groups excluding carboxylic acids is 2. The smallest absolute Gasteiger partial charge is 0.385 e. The second kappa shape index (κ2) is 10.7. The highest BCUT2D eigenvalue weighted by molar-refractivity contribution is 5.82. The number of benzene rings is 1. The lowest BCUT2D eigenvalue weighted by Gasteiger charge is -2.43. The zero-order valence-electron chi connectivity index (χ0n) is 20.3. The third-order valence-corrected chi connectivity index (χ3v) is 7.03. The Morgan fingerprint density at radius 3 is 2.54 bits per heavy atom. The molecule has 1 aromatic rings. The first kappa shape index (κ1) is 26.6. The van der Waals surface area contributed by atoms with E-state index in [1.165, 1.54) is 17.0 Å². The summed E-state index contributed by atoms with van der Waals surface area (Å²) in [6, 6.07) is 5.14. The van der Waals surface area contributed by atoms with Gasteiger partial charge in [0.25, 0.3) is 0 Å². The molecule has 0 aromatic heterocycles. The standard InChI is InChI=1S/C24H32F3N5O3/c1-30(2)21(33)20-15-32(22(34)29-9-4-12-35-3)16-23(20)7-10-31(11-8-23)18-6-5-17(14-28)19(13-18)24(25,26)27/h5-6,13,20H,4,7-12,15-16H2,1-3H3,(H,29,34). The number of rotatable bonds is 6. The number of hydrogen-bond acceptors (Lipinski definition) is 5. The van der Waals surface area contributed by atoms with Crippen molar-refractivity contribution in [3.63, 3.8) is 0 Å². The number of anilines is 1. The van der Waals surface area contributed by atoms with E-state index in [1.807, 2.05) is 4.90 Å². The minimum Gasteiger partial charge on any atom is -0.385 e. The van der Waals surface area contributed by atoms with Crippen LogP contribution >= 0.6 is 0 Å². The van der Waals surface area contributed by atoms with Crippen molar-refractivity contribution in [1.82, 2.24) is 15.1 Å². The molecule has 1 spiro atoms. The molecule has 3 amide bonds. The molecule has 0 radical (unpaired) electrons. The Morgan fingerprint density at radius 2 is 1.97 bits per heavy atom. The Balaban J connectivity index is 1.76. The van der Waals surface area contributed by atoms with E-state index in [0.717, 1.165) is 6.07 Å². The topological polar surface area (TPSA) is 88.9 Å². The van der Waals surface area contributed by atoms with Gasteiger partial charge < -0.3 is 24.8 Å². The highest BCUT2D eigenvalue weighted by Gasteiger charge is 2.52. The van der Waals surface area contributed by atoms with Crippen molar-refractivity contribution in [3.8, 4) is 6.07 Å². The summed E-state index contributed by atoms with van der Waals surface area (Å²) in [5.41, 5.74) is -1.40. The van der Waals surface area contributed by atoms with Crippen molar-refractivity contribution in [2.45, 2.75) is 25.4 Å². The third-order valence-electron chi connectivity index (χ3n) is 7.03. The molecule has 1 N–H and O–H groups in total. The SMILES string of the molecule is COCCCNC(=O)N1CC(C(=O)N(C)C)C2(CCN(c3ccc(C#N)c(C(F)(F)F)c3)CC2)C1. The quantitative estimate of drug-likeness (QED) is 0.613. The molecule has 1 unspecified atom stereocenters. The third kappa shape index (κ3) is 5.81. The van der Waals surface area contributed by atoms with E-state index < -0.39 is 22.7 Å². The number of carbonyl (C=O) groups is 2. The van der Waals surface area contributed by atoms with Crippen molar-refractivity contribution in [2.24, 2.45) is 11.3 Å². The Morgan fingerprint density at radius 1 is 1.29 bits per heavy atom. The molecule has 8 nitrogen and oxygen atoms in total. The largest absolute Gasteiger partial charge is 0.417 e. The summed E-state index contributed by atoms with van der Waals surface area (Å²) in [6.07, 6.45) is -2.82. The van der Waals surface area contributed by atoms with E-state index in [0.29, 0.717) is 64.3 Å². The number of alkyl halides is 3. The van der Waals surface area contributed by atoms with Gasteiger partial charge in [-0.05, 0) is 37.5 Å². The molecule has 1 atom stereocenters. The van der Waals surface area contributed by atoms with Gasteiger partial charge in [0.05, 0.1) is 23.1 Å². The number of urea groups is 1. The molecule has 2 aliphatic rings. The van der Waals surface area contributed by atoms with Crippen LogP contribution in [0.5, 0.6) is 0 Å². The fourth-order valence-corrected chi connectivity index (χ4v) is 5.08. The number of nitrogens with zero attached hydrogens (tertiary/aromatic N) is 4. The van der Waals surface area contributed by atoms with Crippen LogP contribution in [0.3, 0.4) is 0 Å². The molecule has 2 saturated heterocycles. The number of nitriles is 1. The Kier molecular flexibility index (Phi) is 8.15. The van der Waals surface area contributed by atoms with Crippen LogP contribution in [0.1, 0.15) is 30.4 Å². The predicted molar refractivity (Wildman–Crippen MR) is 124 cm³/mol. The van der Waals surface area contributed by atoms with Crippen molar-refractivity contribution in [3.05, 3.63) is 29.3 Å². The first-order valence-corrected chi connectivity index (χ1v) is 11.6. The van der Waals surface area contributed by atoms with Crippen LogP contribution in [-0.2, 0) is 15.7 Å². The van der Waals surface area contributed by atoms with Gasteiger partial charge in [0.15, 0.2) is 0 Å². The minimum absolute atomic E-state index is 0.0501. The Labute approximate surface area is 203 Å². The highest BCUT2D eigenvalue weighted by atomic mass is 19.4. The molecular weight excluding hydrogens is 463 g/mol. The highest BCUT2D eigenvalue weighted by Crippen LogP contribution is 2.46. The second-order valence-electron chi connectivity index (χ2n) is 9.43. The maximum Gasteiger partial charge on any atom is 0.417 e. The zero-order valence-corrected chi connectivity index (χ0v) is 20.3. The molecule has 11 heteroatoms. The number of amides is 3. The summed E-state index contributed by atoms with van der Waals surface area (Å²) in [5.74, 6) is -0.429. The number of piperidine rings is 1. The van der Waals surface area contributed by atoms with E-state index in [-0.39, 0.29) is 17.9 Å². The second-order valence-corrected chi connectivity index (χ2v) is 9.43. The monoisotopic (exact) mass is 495 g/mol. The van der Waals surface area contributed by atoms with E-state index >= 15 is 0 Å². The fraction of sp³-hybridized carbons (Fsp3) is 0.625. The lowest BCUT2D eigenvalue weighted by Crippen LogP contribution is -2.48. The van der Waals surface area contributed by atoms with E-state index in [1.54, 1.807) is 32.2 Å². The molecule has 0 saturated carbocycles. The lowest BCUT2D eigenvalue weighted by atomic mass is 9.70. The van der Waals surface area contributed by atoms with Crippen LogP contribution in [0, 0.1) is 22.7 Å². The average molecular weight is 496 g/mol. The number of likely N-dealkylation sites (tertiary alicyclic amines) is 1. The van der Waals surface area contributed by atoms with Crippen LogP contribution in [0.15, 0.2) is 18.2 Å². The van der Waals surface area contributed by atoms with Gasteiger partial charge in [-0.3, -0.25) is 4.79 Å². The molecule has 192 valence electrons. The van der Waals surface area contributed by atoms with Gasteiger partial charge in [-0.25, -0.2) is 4.79 Å². The normalized spacial score (nSPS) is 19.5. The van der Waals surface area contributed by atoms with Gasteiger partial charge in [0, 0.05) is 71.6 Å². The number of ether oxygens (including phenoxy) is 1. The Bertz CT molecular complexity index is 968. The van der Waals surface area contributed by atoms with Crippen molar-refractivity contribution in [1.29, 1.82) is 5.26 Å². The van der Waals surface area contributed by atoms with Crippen LogP contribution in [0.25, 0.3) is 0 Å². The lowest BCUT2D eigenvalue weighted by molar-refractivity contribution is -0.138. The Hall–Kier alpha value is -3.00. The predicted octanol–water partition coefficient (Wildman–Crippen LogP) is 2.93. The summed E-state index contributed by atoms with van der Waals surface area (Å²) in [5, 5.41) is 11.9. The van der Waals surface area contributed by atoms with Gasteiger partial charge in [0.2, 0.25) is 5.91 Å². The van der Waals surface area contributed by atoms with Gasteiger partial charge in [-0.2, -0.15) is 18.4 Å². The average Bonchev–Trinajstić information content (AvgIpc) is 3.19. The first-order valence-electron chi connectivity index (χ1n) is 11.6. The summed E-state index contributed by atoms with van der Waals surface area (Å²) in [7, 11) is 4.97. The number of hydrogen-bond donors (Lipinski definition) is 1. The van der Waals surface area contributed by atoms with Gasteiger partial charge in [-0.15, -0.1) is 0 Å². The maximum atomic E-state index is 13.4. The maximum absolute atomic E-state index is 13.4. The van der Waals surface area contributed by atoms with Gasteiger partial charge >= 0.3 is 12.2 Å². The summed E-state index contributed by atoms with van der Waals surface area (Å²) < 4.78 is 45.3. The summed E-state index contributed by atoms with van der Waals surface area (Å²) in [6.45, 7) is 2.63. The van der Waals surface area contributed by atoms with E-state index in [9.17, 15) is 22.8 Å². The number of halogens is 3. The first-order chi connectivity index (χ1) is 16.5. The van der Waals surface area contributed by atoms with Crippen LogP contribution in [-0.4, -0.2) is 82.3 Å². The molecule has 2 aliphatic heterocycles. The van der Waals surface area contributed by atoms with Crippen LogP contribution in [0.4, 0.5) is 23.7 Å². The fourth-order valence-electron chi connectivity index (χ4n) is 5.08. The van der Waals surface area contributed by atoms with Crippen molar-refractivity contribution >= 4 is 17.6 Å². The molecule has 35 heavy (non-hydrogen) atoms. The molecule has 0 bridgehead atoms. The van der Waals surface area contributed by atoms with E-state index in [4.69, 9.17) is 10.00 Å². The van der Waals surface area contributed by atoms with E-state index in [2.05, 4.69) is 5.32 Å². The summed E-state index contributed by atoms with van der Waals surface area (Å²) >= 11 is 0. The summed E-state index contributed by atoms with van der Waals surface area (Å²) in [4.78, 5) is 30.9. The molecule has 0 aliphatic carbocycles. The van der Waals surface area contributed by atoms with Gasteiger partial charge in [0.1, 0.15) is 0 Å². The van der Waals surface area contributed by atoms with Gasteiger partial charge in [-0.1, -0.05) is 0 Å². The number of nitrogens with one attached hydrogen (secondary N) is 1. The van der Waals surface area contributed by atoms with Crippen molar-refractivity contribution < 1.29 is 27.5 Å². The van der Waals surface area contributed by atoms with Crippen LogP contribution < -0.4 is 10.2 Å². The molecule has 1 aromatic carbocycles. The molecule has 3 rings (SSSR count). The number of methoxy groups -OCH3 is 1. The molecule has 2 heterocycles. The zero-order chi connectivity index (χ0) is 25.8. The minimum atomic E-state index is -4.62. The van der Waals surface area contributed by atoms with Crippen LogP contribution in [0.2, 0.25) is 0 Å². The molecular formula is C24H32F3N5O3. The van der Waals surface area contributed by atoms with Crippen molar-refractivity contribution in [2.75, 3.05) is 65.4 Å². The molecule has 2 fully saturated rings.